The van der Waals surface area contributed by atoms with Crippen molar-refractivity contribution in [2.45, 2.75) is 13.0 Å². The summed E-state index contributed by atoms with van der Waals surface area (Å²) in [5.41, 5.74) is 0.823. The summed E-state index contributed by atoms with van der Waals surface area (Å²) < 4.78 is 28.5. The molecule has 2 aromatic rings. The smallest absolute Gasteiger partial charge is 0.387 e. The van der Waals surface area contributed by atoms with Crippen LogP contribution < -0.4 is 4.74 Å². The third-order valence-electron chi connectivity index (χ3n) is 2.51. The molecule has 0 aliphatic heterocycles. The molecule has 2 aromatic carbocycles. The Hall–Kier alpha value is -2.12. The predicted molar refractivity (Wildman–Crippen MR) is 69.2 cm³/mol. The van der Waals surface area contributed by atoms with Gasteiger partial charge in [-0.3, -0.25) is 0 Å². The van der Waals surface area contributed by atoms with Gasteiger partial charge in [0, 0.05) is 12.0 Å². The van der Waals surface area contributed by atoms with E-state index < -0.39 is 6.61 Å². The maximum atomic E-state index is 12.1. The molecule has 0 aliphatic carbocycles. The first kappa shape index (κ1) is 13.3. The van der Waals surface area contributed by atoms with Gasteiger partial charge in [0.25, 0.3) is 0 Å². The van der Waals surface area contributed by atoms with E-state index in [9.17, 15) is 8.78 Å². The van der Waals surface area contributed by atoms with Crippen LogP contribution in [0.1, 0.15) is 12.0 Å². The summed E-state index contributed by atoms with van der Waals surface area (Å²) >= 11 is 0. The molecular weight excluding hydrogens is 250 g/mol. The number of hydrogen-bond donors (Lipinski definition) is 1. The molecule has 0 fully saturated rings. The minimum atomic E-state index is -2.82. The van der Waals surface area contributed by atoms with E-state index in [0.29, 0.717) is 6.42 Å². The number of aliphatic hydroxyl groups excluding tert-OH is 1. The number of rotatable bonds is 3. The van der Waals surface area contributed by atoms with Gasteiger partial charge in [-0.15, -0.1) is 0 Å². The Balaban J connectivity index is 2.28. The minimum absolute atomic E-state index is 0.0366. The Morgan fingerprint density at radius 2 is 1.84 bits per heavy atom. The van der Waals surface area contributed by atoms with Crippen molar-refractivity contribution in [3.05, 3.63) is 42.0 Å². The van der Waals surface area contributed by atoms with Crippen LogP contribution in [0.25, 0.3) is 10.8 Å². The number of hydrogen-bond acceptors (Lipinski definition) is 2. The molecule has 0 heterocycles. The molecule has 0 aromatic heterocycles. The zero-order valence-corrected chi connectivity index (χ0v) is 10.1. The minimum Gasteiger partial charge on any atom is -0.435 e. The molecular formula is C15H12F2O2. The Kier molecular flexibility index (Phi) is 4.32. The average molecular weight is 262 g/mol. The van der Waals surface area contributed by atoms with Gasteiger partial charge in [0.2, 0.25) is 0 Å². The normalized spacial score (nSPS) is 10.3. The van der Waals surface area contributed by atoms with Crippen molar-refractivity contribution in [1.29, 1.82) is 0 Å². The fourth-order valence-electron chi connectivity index (χ4n) is 1.70. The maximum absolute atomic E-state index is 12.1. The number of aliphatic hydroxyl groups is 1. The van der Waals surface area contributed by atoms with Crippen molar-refractivity contribution in [2.24, 2.45) is 0 Å². The van der Waals surface area contributed by atoms with Crippen LogP contribution in [0.15, 0.2) is 36.4 Å². The number of ether oxygens (including phenoxy) is 1. The van der Waals surface area contributed by atoms with E-state index in [4.69, 9.17) is 5.11 Å². The summed E-state index contributed by atoms with van der Waals surface area (Å²) in [7, 11) is 0. The third-order valence-corrected chi connectivity index (χ3v) is 2.51. The molecule has 0 atom stereocenters. The van der Waals surface area contributed by atoms with Crippen molar-refractivity contribution in [3.8, 4) is 17.6 Å². The molecule has 2 nitrogen and oxygen atoms in total. The van der Waals surface area contributed by atoms with Crippen molar-refractivity contribution in [2.75, 3.05) is 6.61 Å². The Morgan fingerprint density at radius 3 is 2.58 bits per heavy atom. The van der Waals surface area contributed by atoms with E-state index >= 15 is 0 Å². The summed E-state index contributed by atoms with van der Waals surface area (Å²) in [6.07, 6.45) is 0.430. The second-order valence-electron chi connectivity index (χ2n) is 3.88. The zero-order valence-electron chi connectivity index (χ0n) is 10.1. The fraction of sp³-hybridized carbons (Fsp3) is 0.200. The molecule has 0 bridgehead atoms. The van der Waals surface area contributed by atoms with Gasteiger partial charge in [0.15, 0.2) is 0 Å². The van der Waals surface area contributed by atoms with Crippen molar-refractivity contribution in [3.63, 3.8) is 0 Å². The zero-order chi connectivity index (χ0) is 13.7. The molecule has 0 spiro atoms. The Labute approximate surface area is 109 Å². The van der Waals surface area contributed by atoms with Crippen LogP contribution in [0.3, 0.4) is 0 Å². The van der Waals surface area contributed by atoms with Crippen LogP contribution in [0.2, 0.25) is 0 Å². The fourth-order valence-corrected chi connectivity index (χ4v) is 1.70. The lowest BCUT2D eigenvalue weighted by Gasteiger charge is -2.05. The molecule has 1 N–H and O–H groups in total. The first-order valence-corrected chi connectivity index (χ1v) is 5.77. The van der Waals surface area contributed by atoms with Crippen molar-refractivity contribution in [1.82, 2.24) is 0 Å². The number of halogens is 2. The van der Waals surface area contributed by atoms with Crippen LogP contribution in [0.4, 0.5) is 8.78 Å². The van der Waals surface area contributed by atoms with Crippen molar-refractivity contribution < 1.29 is 18.6 Å². The van der Waals surface area contributed by atoms with Crippen LogP contribution in [0, 0.1) is 11.8 Å². The van der Waals surface area contributed by atoms with Gasteiger partial charge < -0.3 is 9.84 Å². The molecule has 4 heteroatoms. The topological polar surface area (TPSA) is 29.5 Å². The van der Waals surface area contributed by atoms with E-state index in [0.717, 1.165) is 16.3 Å². The summed E-state index contributed by atoms with van der Waals surface area (Å²) in [5, 5.41) is 10.4. The number of fused-ring (bicyclic) bond motifs is 1. The first-order valence-electron chi connectivity index (χ1n) is 5.77. The first-order chi connectivity index (χ1) is 9.19. The van der Waals surface area contributed by atoms with E-state index in [-0.39, 0.29) is 12.4 Å². The second-order valence-corrected chi connectivity index (χ2v) is 3.88. The quantitative estimate of drug-likeness (QED) is 0.861. The highest BCUT2D eigenvalue weighted by molar-refractivity contribution is 5.85. The SMILES string of the molecule is OCCC#Cc1ccc2cc(OC(F)F)ccc2c1. The molecule has 0 unspecified atom stereocenters. The highest BCUT2D eigenvalue weighted by atomic mass is 19.3. The van der Waals surface area contributed by atoms with E-state index in [1.807, 2.05) is 6.07 Å². The van der Waals surface area contributed by atoms with Crippen molar-refractivity contribution >= 4 is 10.8 Å². The molecule has 0 saturated carbocycles. The van der Waals surface area contributed by atoms with E-state index in [1.165, 1.54) is 6.07 Å². The second kappa shape index (κ2) is 6.17. The largest absolute Gasteiger partial charge is 0.435 e. The van der Waals surface area contributed by atoms with Crippen LogP contribution in [-0.2, 0) is 0 Å². The summed E-state index contributed by atoms with van der Waals surface area (Å²) in [5.74, 6) is 5.89. The lowest BCUT2D eigenvalue weighted by atomic mass is 10.1. The van der Waals surface area contributed by atoms with E-state index in [1.54, 1.807) is 24.3 Å². The molecule has 0 aliphatic rings. The Morgan fingerprint density at radius 1 is 1.11 bits per heavy atom. The lowest BCUT2D eigenvalue weighted by Crippen LogP contribution is -2.01. The summed E-state index contributed by atoms with van der Waals surface area (Å²) in [6.45, 7) is -2.78. The van der Waals surface area contributed by atoms with Gasteiger partial charge >= 0.3 is 6.61 Å². The third kappa shape index (κ3) is 3.67. The van der Waals surface area contributed by atoms with Crippen LogP contribution in [-0.4, -0.2) is 18.3 Å². The Bertz CT molecular complexity index is 627. The predicted octanol–water partition coefficient (Wildman–Crippen LogP) is 3.18. The highest BCUT2D eigenvalue weighted by Crippen LogP contribution is 2.23. The standard InChI is InChI=1S/C15H12F2O2/c16-15(17)19-14-7-6-12-9-11(3-1-2-8-18)4-5-13(12)10-14/h4-7,9-10,15,18H,2,8H2. The van der Waals surface area contributed by atoms with E-state index in [2.05, 4.69) is 16.6 Å². The average Bonchev–Trinajstić information content (AvgIpc) is 2.38. The van der Waals surface area contributed by atoms with Crippen LogP contribution >= 0.6 is 0 Å². The van der Waals surface area contributed by atoms with Gasteiger partial charge in [-0.2, -0.15) is 8.78 Å². The monoisotopic (exact) mass is 262 g/mol. The molecule has 0 amide bonds. The highest BCUT2D eigenvalue weighted by Gasteiger charge is 2.04. The maximum Gasteiger partial charge on any atom is 0.387 e. The molecule has 0 radical (unpaired) electrons. The summed E-state index contributed by atoms with van der Waals surface area (Å²) in [4.78, 5) is 0. The summed E-state index contributed by atoms with van der Waals surface area (Å²) in [6, 6.07) is 10.2. The van der Waals surface area contributed by atoms with Gasteiger partial charge in [0.05, 0.1) is 6.61 Å². The molecule has 2 rings (SSSR count). The van der Waals surface area contributed by atoms with Gasteiger partial charge in [-0.05, 0) is 35.0 Å². The van der Waals surface area contributed by atoms with Gasteiger partial charge in [-0.25, -0.2) is 0 Å². The molecule has 19 heavy (non-hydrogen) atoms. The molecule has 0 saturated heterocycles. The van der Waals surface area contributed by atoms with Gasteiger partial charge in [-0.1, -0.05) is 24.0 Å². The van der Waals surface area contributed by atoms with Crippen LogP contribution in [0.5, 0.6) is 5.75 Å². The number of alkyl halides is 2. The lowest BCUT2D eigenvalue weighted by molar-refractivity contribution is -0.0497. The number of benzene rings is 2. The molecule has 98 valence electrons. The van der Waals surface area contributed by atoms with Gasteiger partial charge in [0.1, 0.15) is 5.75 Å².